The van der Waals surface area contributed by atoms with Crippen LogP contribution in [0.1, 0.15) is 10.4 Å². The molecule has 0 fully saturated rings. The molecule has 0 radical (unpaired) electrons. The maximum atomic E-state index is 11.8. The molecule has 2 aromatic carbocycles. The highest BCUT2D eigenvalue weighted by Gasteiger charge is 2.08. The number of hydrazine groups is 1. The van der Waals surface area contributed by atoms with Crippen LogP contribution in [-0.2, 0) is 0 Å². The van der Waals surface area contributed by atoms with Crippen molar-refractivity contribution in [1.82, 2.24) is 10.9 Å². The lowest BCUT2D eigenvalue weighted by Crippen LogP contribution is -2.43. The minimum absolute atomic E-state index is 0.389. The Kier molecular flexibility index (Phi) is 5.19. The topological polar surface area (TPSA) is 70.2 Å². The van der Waals surface area contributed by atoms with Crippen molar-refractivity contribution in [3.05, 3.63) is 63.6 Å². The van der Waals surface area contributed by atoms with Gasteiger partial charge in [-0.1, -0.05) is 23.7 Å². The van der Waals surface area contributed by atoms with E-state index in [4.69, 9.17) is 11.6 Å². The highest BCUT2D eigenvalue weighted by molar-refractivity contribution is 9.10. The molecule has 0 spiro atoms. The van der Waals surface area contributed by atoms with Crippen molar-refractivity contribution in [2.75, 3.05) is 5.32 Å². The Morgan fingerprint density at radius 1 is 0.952 bits per heavy atom. The minimum atomic E-state index is -0.552. The van der Waals surface area contributed by atoms with Gasteiger partial charge in [0.15, 0.2) is 0 Å². The molecule has 21 heavy (non-hydrogen) atoms. The van der Waals surface area contributed by atoms with E-state index in [1.165, 1.54) is 0 Å². The molecule has 0 heterocycles. The molecule has 0 saturated carbocycles. The van der Waals surface area contributed by atoms with Crippen LogP contribution in [0.2, 0.25) is 5.02 Å². The van der Waals surface area contributed by atoms with Gasteiger partial charge in [0, 0.05) is 15.1 Å². The van der Waals surface area contributed by atoms with Gasteiger partial charge in [-0.15, -0.1) is 0 Å². The van der Waals surface area contributed by atoms with Crippen LogP contribution >= 0.6 is 27.5 Å². The zero-order valence-electron chi connectivity index (χ0n) is 10.7. The summed E-state index contributed by atoms with van der Waals surface area (Å²) >= 11 is 9.04. The van der Waals surface area contributed by atoms with Crippen LogP contribution in [-0.4, -0.2) is 11.9 Å². The van der Waals surface area contributed by atoms with Crippen molar-refractivity contribution in [3.8, 4) is 0 Å². The maximum absolute atomic E-state index is 11.8. The van der Waals surface area contributed by atoms with Crippen LogP contribution in [0.15, 0.2) is 53.0 Å². The van der Waals surface area contributed by atoms with Crippen LogP contribution in [0.25, 0.3) is 0 Å². The van der Waals surface area contributed by atoms with Gasteiger partial charge in [0.1, 0.15) is 0 Å². The number of anilines is 1. The predicted octanol–water partition coefficient (Wildman–Crippen LogP) is 3.57. The summed E-state index contributed by atoms with van der Waals surface area (Å²) < 4.78 is 0.740. The summed E-state index contributed by atoms with van der Waals surface area (Å²) in [4.78, 5) is 23.4. The van der Waals surface area contributed by atoms with Crippen LogP contribution in [0.4, 0.5) is 10.5 Å². The lowest BCUT2D eigenvalue weighted by Gasteiger charge is -2.10. The van der Waals surface area contributed by atoms with Gasteiger partial charge in [0.25, 0.3) is 5.91 Å². The monoisotopic (exact) mass is 367 g/mol. The third-order valence-corrected chi connectivity index (χ3v) is 3.46. The number of rotatable bonds is 2. The smallest absolute Gasteiger partial charge is 0.305 e. The number of carbonyl (C=O) groups excluding carboxylic acids is 2. The molecule has 3 N–H and O–H groups in total. The zero-order chi connectivity index (χ0) is 15.2. The first-order valence-electron chi connectivity index (χ1n) is 5.93. The average molecular weight is 369 g/mol. The second-order valence-corrected chi connectivity index (χ2v) is 5.31. The predicted molar refractivity (Wildman–Crippen MR) is 85.2 cm³/mol. The number of nitrogens with one attached hydrogen (secondary N) is 3. The molecule has 0 unspecified atom stereocenters. The zero-order valence-corrected chi connectivity index (χ0v) is 13.0. The normalized spacial score (nSPS) is 9.81. The molecular weight excluding hydrogens is 358 g/mol. The Morgan fingerprint density at radius 3 is 2.29 bits per heavy atom. The fourth-order valence-corrected chi connectivity index (χ4v) is 2.01. The van der Waals surface area contributed by atoms with E-state index in [-0.39, 0.29) is 0 Å². The lowest BCUT2D eigenvalue weighted by molar-refractivity contribution is 0.0938. The SMILES string of the molecule is O=C(NNC(=O)c1ccc(Cl)cc1)Nc1ccccc1Br. The highest BCUT2D eigenvalue weighted by atomic mass is 79.9. The van der Waals surface area contributed by atoms with Gasteiger partial charge >= 0.3 is 6.03 Å². The molecule has 0 aromatic heterocycles. The van der Waals surface area contributed by atoms with E-state index in [0.717, 1.165) is 4.47 Å². The molecule has 0 aliphatic carbocycles. The van der Waals surface area contributed by atoms with E-state index in [9.17, 15) is 9.59 Å². The summed E-state index contributed by atoms with van der Waals surface area (Å²) in [6.07, 6.45) is 0. The second kappa shape index (κ2) is 7.10. The average Bonchev–Trinajstić information content (AvgIpc) is 2.48. The first-order chi connectivity index (χ1) is 10.1. The number of amides is 3. The highest BCUT2D eigenvalue weighted by Crippen LogP contribution is 2.20. The van der Waals surface area contributed by atoms with Gasteiger partial charge in [0.2, 0.25) is 0 Å². The molecule has 7 heteroatoms. The Balaban J connectivity index is 1.88. The Morgan fingerprint density at radius 2 is 1.62 bits per heavy atom. The molecule has 0 saturated heterocycles. The number of urea groups is 1. The number of hydrogen-bond donors (Lipinski definition) is 3. The third-order valence-electron chi connectivity index (χ3n) is 2.52. The number of benzene rings is 2. The molecule has 2 rings (SSSR count). The van der Waals surface area contributed by atoms with Crippen LogP contribution < -0.4 is 16.2 Å². The molecule has 3 amide bonds. The van der Waals surface area contributed by atoms with Gasteiger partial charge in [-0.2, -0.15) is 0 Å². The van der Waals surface area contributed by atoms with Crippen molar-refractivity contribution >= 4 is 45.2 Å². The second-order valence-electron chi connectivity index (χ2n) is 4.02. The molecule has 0 atom stereocenters. The number of para-hydroxylation sites is 1. The van der Waals surface area contributed by atoms with Gasteiger partial charge in [-0.25, -0.2) is 10.2 Å². The fourth-order valence-electron chi connectivity index (χ4n) is 1.50. The number of carbonyl (C=O) groups is 2. The van der Waals surface area contributed by atoms with Gasteiger partial charge in [-0.3, -0.25) is 10.2 Å². The Labute approximate surface area is 134 Å². The van der Waals surface area contributed by atoms with E-state index >= 15 is 0 Å². The van der Waals surface area contributed by atoms with Crippen LogP contribution in [0.5, 0.6) is 0 Å². The largest absolute Gasteiger partial charge is 0.337 e. The van der Waals surface area contributed by atoms with E-state index in [1.54, 1.807) is 42.5 Å². The van der Waals surface area contributed by atoms with E-state index < -0.39 is 11.9 Å². The summed E-state index contributed by atoms with van der Waals surface area (Å²) in [6.45, 7) is 0. The molecule has 0 aliphatic heterocycles. The molecule has 0 bridgehead atoms. The lowest BCUT2D eigenvalue weighted by atomic mass is 10.2. The molecular formula is C14H11BrClN3O2. The maximum Gasteiger partial charge on any atom is 0.337 e. The van der Waals surface area contributed by atoms with Crippen molar-refractivity contribution in [3.63, 3.8) is 0 Å². The van der Waals surface area contributed by atoms with Crippen LogP contribution in [0, 0.1) is 0 Å². The quantitative estimate of drug-likeness (QED) is 0.709. The van der Waals surface area contributed by atoms with Gasteiger partial charge in [0.05, 0.1) is 5.69 Å². The van der Waals surface area contributed by atoms with E-state index in [0.29, 0.717) is 16.3 Å². The van der Waals surface area contributed by atoms with Crippen molar-refractivity contribution in [2.45, 2.75) is 0 Å². The van der Waals surface area contributed by atoms with Crippen molar-refractivity contribution < 1.29 is 9.59 Å². The summed E-state index contributed by atoms with van der Waals surface area (Å²) in [7, 11) is 0. The molecule has 2 aromatic rings. The van der Waals surface area contributed by atoms with Crippen molar-refractivity contribution in [1.29, 1.82) is 0 Å². The minimum Gasteiger partial charge on any atom is -0.305 e. The van der Waals surface area contributed by atoms with Gasteiger partial charge < -0.3 is 5.32 Å². The Bertz CT molecular complexity index is 662. The standard InChI is InChI=1S/C14H11BrClN3O2/c15-11-3-1-2-4-12(11)17-14(21)19-18-13(20)9-5-7-10(16)8-6-9/h1-8H,(H,18,20)(H2,17,19,21). The summed E-state index contributed by atoms with van der Waals surface area (Å²) in [6, 6.07) is 12.9. The summed E-state index contributed by atoms with van der Waals surface area (Å²) in [5, 5.41) is 3.13. The molecule has 0 aliphatic rings. The number of halogens is 2. The summed E-state index contributed by atoms with van der Waals surface area (Å²) in [5.41, 5.74) is 5.55. The van der Waals surface area contributed by atoms with E-state index in [1.807, 2.05) is 6.07 Å². The van der Waals surface area contributed by atoms with Gasteiger partial charge in [-0.05, 0) is 52.3 Å². The molecule has 108 valence electrons. The van der Waals surface area contributed by atoms with Crippen molar-refractivity contribution in [2.24, 2.45) is 0 Å². The first kappa shape index (κ1) is 15.3. The first-order valence-corrected chi connectivity index (χ1v) is 7.11. The molecule has 5 nitrogen and oxygen atoms in total. The van der Waals surface area contributed by atoms with Crippen LogP contribution in [0.3, 0.4) is 0 Å². The fraction of sp³-hybridized carbons (Fsp3) is 0. The summed E-state index contributed by atoms with van der Waals surface area (Å²) in [5.74, 6) is -0.436. The van der Waals surface area contributed by atoms with E-state index in [2.05, 4.69) is 32.1 Å². The third kappa shape index (κ3) is 4.47. The number of hydrogen-bond acceptors (Lipinski definition) is 2. The Hall–Kier alpha value is -2.05.